The molecule has 1 aliphatic heterocycles. The van der Waals surface area contributed by atoms with Crippen LogP contribution in [0.4, 0.5) is 5.82 Å². The van der Waals surface area contributed by atoms with Gasteiger partial charge in [-0.3, -0.25) is 9.47 Å². The molecule has 2 aliphatic carbocycles. The molecule has 0 spiro atoms. The molecule has 3 atom stereocenters. The van der Waals surface area contributed by atoms with Crippen LogP contribution in [0.1, 0.15) is 35.8 Å². The highest BCUT2D eigenvalue weighted by Crippen LogP contribution is 2.56. The Hall–Kier alpha value is -2.51. The second-order valence-electron chi connectivity index (χ2n) is 8.40. The molecule has 3 unspecified atom stereocenters. The molecule has 5 rings (SSSR count). The smallest absolute Gasteiger partial charge is 0.198 e. The van der Waals surface area contributed by atoms with Gasteiger partial charge >= 0.3 is 0 Å². The summed E-state index contributed by atoms with van der Waals surface area (Å²) in [5.41, 5.74) is 1.70. The quantitative estimate of drug-likeness (QED) is 0.671. The molecule has 3 aliphatic rings. The highest BCUT2D eigenvalue weighted by Gasteiger charge is 2.41. The van der Waals surface area contributed by atoms with Crippen LogP contribution < -0.4 is 4.90 Å². The van der Waals surface area contributed by atoms with Crippen LogP contribution in [0.25, 0.3) is 0 Å². The van der Waals surface area contributed by atoms with Crippen LogP contribution >= 0.6 is 0 Å². The third-order valence-electron chi connectivity index (χ3n) is 6.53. The second-order valence-corrected chi connectivity index (χ2v) is 8.40. The Labute approximate surface area is 170 Å². The van der Waals surface area contributed by atoms with Gasteiger partial charge in [-0.2, -0.15) is 0 Å². The minimum Gasteiger partial charge on any atom is -0.494 e. The highest BCUT2D eigenvalue weighted by atomic mass is 16.3. The molecule has 154 valence electrons. The summed E-state index contributed by atoms with van der Waals surface area (Å²) in [5.74, 6) is 1.62. The fourth-order valence-corrected chi connectivity index (χ4v) is 5.15. The molecule has 1 fully saturated rings. The minimum absolute atomic E-state index is 0.116. The molecule has 29 heavy (non-hydrogen) atoms. The molecular weight excluding hydrogens is 368 g/mol. The molecule has 7 nitrogen and oxygen atoms in total. The lowest BCUT2D eigenvalue weighted by Gasteiger charge is -2.25. The van der Waals surface area contributed by atoms with E-state index in [0.717, 1.165) is 56.0 Å². The van der Waals surface area contributed by atoms with Gasteiger partial charge in [0.2, 0.25) is 0 Å². The van der Waals surface area contributed by atoms with Gasteiger partial charge in [0.25, 0.3) is 0 Å². The van der Waals surface area contributed by atoms with Crippen molar-refractivity contribution in [1.82, 2.24) is 14.5 Å². The fraction of sp³-hybridized carbons (Fsp3) is 0.500. The molecule has 3 N–H and O–H groups in total. The first-order chi connectivity index (χ1) is 14.1. The van der Waals surface area contributed by atoms with Crippen LogP contribution in [0.2, 0.25) is 0 Å². The summed E-state index contributed by atoms with van der Waals surface area (Å²) in [6.07, 6.45) is 7.32. The Morgan fingerprint density at radius 1 is 0.966 bits per heavy atom. The van der Waals surface area contributed by atoms with E-state index in [1.807, 2.05) is 24.4 Å². The number of pyridine rings is 1. The average Bonchev–Trinajstić information content (AvgIpc) is 3.35. The van der Waals surface area contributed by atoms with Crippen molar-refractivity contribution in [2.75, 3.05) is 37.6 Å². The van der Waals surface area contributed by atoms with Gasteiger partial charge in [0.1, 0.15) is 5.82 Å². The summed E-state index contributed by atoms with van der Waals surface area (Å²) in [5, 5.41) is 32.0. The van der Waals surface area contributed by atoms with E-state index >= 15 is 0 Å². The van der Waals surface area contributed by atoms with Crippen molar-refractivity contribution in [3.05, 3.63) is 47.7 Å². The van der Waals surface area contributed by atoms with Crippen LogP contribution in [0.15, 0.2) is 36.5 Å². The van der Waals surface area contributed by atoms with Gasteiger partial charge in [0.05, 0.1) is 12.6 Å². The topological polar surface area (TPSA) is 85.0 Å². The summed E-state index contributed by atoms with van der Waals surface area (Å²) in [6.45, 7) is 4.29. The number of aliphatic hydroxyl groups excluding tert-OH is 1. The number of aromatic hydroxyl groups is 2. The first-order valence-corrected chi connectivity index (χ1v) is 10.5. The Morgan fingerprint density at radius 3 is 2.41 bits per heavy atom. The van der Waals surface area contributed by atoms with E-state index in [-0.39, 0.29) is 30.1 Å². The van der Waals surface area contributed by atoms with Gasteiger partial charge in [-0.1, -0.05) is 18.2 Å². The number of fused-ring (bicyclic) bond motifs is 5. The molecular formula is C22H28N4O3. The zero-order valence-electron chi connectivity index (χ0n) is 16.5. The zero-order valence-corrected chi connectivity index (χ0v) is 16.5. The first kappa shape index (κ1) is 18.5. The largest absolute Gasteiger partial charge is 0.494 e. The van der Waals surface area contributed by atoms with E-state index in [2.05, 4.69) is 26.9 Å². The summed E-state index contributed by atoms with van der Waals surface area (Å²) >= 11 is 0. The Morgan fingerprint density at radius 2 is 1.72 bits per heavy atom. The van der Waals surface area contributed by atoms with Gasteiger partial charge in [0, 0.05) is 55.3 Å². The van der Waals surface area contributed by atoms with Crippen molar-refractivity contribution in [1.29, 1.82) is 0 Å². The summed E-state index contributed by atoms with van der Waals surface area (Å²) in [6, 6.07) is 5.96. The molecule has 0 amide bonds. The van der Waals surface area contributed by atoms with E-state index in [9.17, 15) is 15.3 Å². The maximum absolute atomic E-state index is 10.7. The third kappa shape index (κ3) is 3.28. The lowest BCUT2D eigenvalue weighted by atomic mass is 10.0. The number of allylic oxidation sites excluding steroid dienone is 2. The predicted octanol–water partition coefficient (Wildman–Crippen LogP) is 2.01. The summed E-state index contributed by atoms with van der Waals surface area (Å²) in [7, 11) is 0. The molecule has 1 saturated heterocycles. The Bertz CT molecular complexity index is 875. The molecule has 2 aromatic heterocycles. The normalized spacial score (nSPS) is 24.7. The highest BCUT2D eigenvalue weighted by molar-refractivity contribution is 5.58. The summed E-state index contributed by atoms with van der Waals surface area (Å²) < 4.78 is 1.49. The molecule has 0 saturated carbocycles. The Balaban J connectivity index is 1.22. The number of hydrogen-bond donors (Lipinski definition) is 3. The average molecular weight is 396 g/mol. The second kappa shape index (κ2) is 7.39. The minimum atomic E-state index is -0.661. The van der Waals surface area contributed by atoms with Crippen LogP contribution in [0, 0.1) is 0 Å². The van der Waals surface area contributed by atoms with Gasteiger partial charge in [-0.15, -0.1) is 0 Å². The molecule has 0 radical (unpaired) electrons. The Kier molecular flexibility index (Phi) is 4.72. The van der Waals surface area contributed by atoms with Crippen molar-refractivity contribution in [2.24, 2.45) is 0 Å². The van der Waals surface area contributed by atoms with Crippen molar-refractivity contribution >= 4 is 5.82 Å². The number of aromatic nitrogens is 2. The summed E-state index contributed by atoms with van der Waals surface area (Å²) in [4.78, 5) is 8.98. The number of hydrogen-bond acceptors (Lipinski definition) is 6. The van der Waals surface area contributed by atoms with Gasteiger partial charge in [0.15, 0.2) is 11.8 Å². The molecule has 2 aromatic rings. The number of aliphatic hydroxyl groups is 1. The maximum atomic E-state index is 10.7. The molecule has 2 bridgehead atoms. The molecule has 3 heterocycles. The van der Waals surface area contributed by atoms with E-state index in [0.29, 0.717) is 6.54 Å². The molecule has 7 heteroatoms. The van der Waals surface area contributed by atoms with Crippen molar-refractivity contribution in [2.45, 2.75) is 37.3 Å². The van der Waals surface area contributed by atoms with Gasteiger partial charge in [-0.25, -0.2) is 4.98 Å². The van der Waals surface area contributed by atoms with E-state index in [1.165, 1.54) is 4.57 Å². The lowest BCUT2D eigenvalue weighted by Crippen LogP contribution is -2.37. The number of anilines is 1. The van der Waals surface area contributed by atoms with E-state index in [4.69, 9.17) is 0 Å². The lowest BCUT2D eigenvalue weighted by molar-refractivity contribution is 0.0965. The maximum Gasteiger partial charge on any atom is 0.198 e. The van der Waals surface area contributed by atoms with Crippen LogP contribution in [0.3, 0.4) is 0 Å². The molecule has 0 aromatic carbocycles. The predicted molar refractivity (Wildman–Crippen MR) is 111 cm³/mol. The number of rotatable bonds is 5. The first-order valence-electron chi connectivity index (χ1n) is 10.5. The van der Waals surface area contributed by atoms with Crippen molar-refractivity contribution in [3.63, 3.8) is 0 Å². The fourth-order valence-electron chi connectivity index (χ4n) is 5.15. The third-order valence-corrected chi connectivity index (χ3v) is 6.53. The van der Waals surface area contributed by atoms with Gasteiger partial charge in [-0.05, 0) is 31.5 Å². The monoisotopic (exact) mass is 396 g/mol. The van der Waals surface area contributed by atoms with Crippen LogP contribution in [-0.2, 0) is 6.54 Å². The van der Waals surface area contributed by atoms with Crippen molar-refractivity contribution < 1.29 is 15.3 Å². The van der Waals surface area contributed by atoms with E-state index < -0.39 is 6.10 Å². The number of β-amino-alcohol motifs (C(OH)–C–C–N with tert-alkyl or cyclic N) is 1. The SMILES string of the molecule is Oc1c2c(c(O)n1CC(O)CN1CCCN(c3ccccn3)CC1)C1C=CC2C1. The standard InChI is InChI=1S/C22H28N4O3/c27-17(13-24-8-3-9-25(11-10-24)18-4-1-2-7-23-18)14-26-21(28)19-15-5-6-16(12-15)20(19)22(26)29/h1-2,4-7,15-17,27-29H,3,8-14H2. The van der Waals surface area contributed by atoms with Gasteiger partial charge < -0.3 is 20.2 Å². The van der Waals surface area contributed by atoms with Crippen LogP contribution in [-0.4, -0.2) is 68.6 Å². The zero-order chi connectivity index (χ0) is 20.0. The number of nitrogens with zero attached hydrogens (tertiary/aromatic N) is 4. The van der Waals surface area contributed by atoms with Crippen molar-refractivity contribution in [3.8, 4) is 11.8 Å². The van der Waals surface area contributed by atoms with E-state index in [1.54, 1.807) is 0 Å². The van der Waals surface area contributed by atoms with Crippen LogP contribution in [0.5, 0.6) is 11.8 Å².